The van der Waals surface area contributed by atoms with Crippen molar-refractivity contribution in [1.82, 2.24) is 19.1 Å². The monoisotopic (exact) mass is 668 g/mol. The Bertz CT molecular complexity index is 3130. The van der Waals surface area contributed by atoms with Crippen LogP contribution in [-0.4, -0.2) is 19.1 Å². The zero-order valence-electron chi connectivity index (χ0n) is 27.4. The fourth-order valence-electron chi connectivity index (χ4n) is 7.95. The van der Waals surface area contributed by atoms with Crippen LogP contribution in [0.5, 0.6) is 0 Å². The number of rotatable bonds is 4. The quantitative estimate of drug-likeness (QED) is 0.187. The smallest absolute Gasteiger partial charge is 0.162 e. The zero-order valence-corrected chi connectivity index (χ0v) is 28.2. The second-order valence-electron chi connectivity index (χ2n) is 13.0. The first-order valence-electron chi connectivity index (χ1n) is 17.2. The molecule has 0 fully saturated rings. The highest BCUT2D eigenvalue weighted by molar-refractivity contribution is 7.26. The van der Waals surface area contributed by atoms with E-state index in [0.29, 0.717) is 5.82 Å². The van der Waals surface area contributed by atoms with Gasteiger partial charge in [0.2, 0.25) is 0 Å². The molecule has 0 amide bonds. The van der Waals surface area contributed by atoms with E-state index >= 15 is 0 Å². The average molecular weight is 669 g/mol. The van der Waals surface area contributed by atoms with Crippen molar-refractivity contribution in [2.24, 2.45) is 0 Å². The third-order valence-corrected chi connectivity index (χ3v) is 11.4. The van der Waals surface area contributed by atoms with Gasteiger partial charge in [-0.3, -0.25) is 4.57 Å². The van der Waals surface area contributed by atoms with Crippen molar-refractivity contribution in [3.05, 3.63) is 170 Å². The van der Waals surface area contributed by atoms with Crippen LogP contribution < -0.4 is 0 Å². The molecule has 238 valence electrons. The third-order valence-electron chi connectivity index (χ3n) is 10.1. The Labute approximate surface area is 297 Å². The van der Waals surface area contributed by atoms with Gasteiger partial charge in [-0.25, -0.2) is 9.97 Å². The number of benzene rings is 7. The summed E-state index contributed by atoms with van der Waals surface area (Å²) < 4.78 is 7.27. The van der Waals surface area contributed by atoms with Gasteiger partial charge in [0, 0.05) is 64.6 Å². The normalized spacial score (nSPS) is 11.9. The van der Waals surface area contributed by atoms with Crippen LogP contribution in [0.3, 0.4) is 0 Å². The number of hydrogen-bond acceptors (Lipinski definition) is 3. The van der Waals surface area contributed by atoms with E-state index in [9.17, 15) is 0 Å². The largest absolute Gasteiger partial charge is 0.309 e. The maximum absolute atomic E-state index is 5.35. The van der Waals surface area contributed by atoms with Crippen LogP contribution in [0.1, 0.15) is 0 Å². The van der Waals surface area contributed by atoms with Crippen LogP contribution in [0.25, 0.3) is 97.9 Å². The minimum absolute atomic E-state index is 0.701. The predicted octanol–water partition coefficient (Wildman–Crippen LogP) is 12.4. The summed E-state index contributed by atoms with van der Waals surface area (Å²) in [5.74, 6) is 1.54. The van der Waals surface area contributed by atoms with Gasteiger partial charge in [-0.05, 0) is 36.4 Å². The standard InChI is InChI=1S/C46H28N4S/c1-3-14-29(15-4-1)46-47-37(35-22-13-21-34-32-19-9-12-25-41(32)51-45(34)35)28-42(48-46)50-39-24-11-8-20-36(39)43-40(50)27-26-33-31-18-7-10-23-38(31)49(44(33)43)30-16-5-2-6-17-30/h1-28H. The summed E-state index contributed by atoms with van der Waals surface area (Å²) in [7, 11) is 0. The summed E-state index contributed by atoms with van der Waals surface area (Å²) in [6.45, 7) is 0. The number of para-hydroxylation sites is 3. The highest BCUT2D eigenvalue weighted by Crippen LogP contribution is 2.43. The molecule has 0 aliphatic rings. The van der Waals surface area contributed by atoms with Crippen molar-refractivity contribution < 1.29 is 0 Å². The van der Waals surface area contributed by atoms with Crippen LogP contribution in [-0.2, 0) is 0 Å². The Morgan fingerprint density at radius 1 is 0.451 bits per heavy atom. The molecule has 0 unspecified atom stereocenters. The van der Waals surface area contributed by atoms with E-state index in [1.165, 1.54) is 52.8 Å². The Balaban J connectivity index is 1.26. The summed E-state index contributed by atoms with van der Waals surface area (Å²) in [5.41, 5.74) is 8.73. The van der Waals surface area contributed by atoms with Crippen molar-refractivity contribution in [2.75, 3.05) is 0 Å². The summed E-state index contributed by atoms with van der Waals surface area (Å²) in [6.07, 6.45) is 0. The van der Waals surface area contributed by atoms with Gasteiger partial charge in [0.1, 0.15) is 5.82 Å². The maximum atomic E-state index is 5.35. The fraction of sp³-hybridized carbons (Fsp3) is 0. The molecule has 0 radical (unpaired) electrons. The molecule has 0 spiro atoms. The van der Waals surface area contributed by atoms with Crippen LogP contribution in [0.2, 0.25) is 0 Å². The summed E-state index contributed by atoms with van der Waals surface area (Å²) in [5, 5.41) is 7.39. The molecule has 0 aliphatic heterocycles. The number of fused-ring (bicyclic) bond motifs is 10. The van der Waals surface area contributed by atoms with Crippen LogP contribution >= 0.6 is 11.3 Å². The van der Waals surface area contributed by atoms with Crippen molar-refractivity contribution in [3.63, 3.8) is 0 Å². The summed E-state index contributed by atoms with van der Waals surface area (Å²) >= 11 is 1.83. The second kappa shape index (κ2) is 11.0. The molecule has 0 aliphatic carbocycles. The Morgan fingerprint density at radius 2 is 1.12 bits per heavy atom. The minimum atomic E-state index is 0.701. The van der Waals surface area contributed by atoms with E-state index in [0.717, 1.165) is 39.4 Å². The molecule has 0 saturated carbocycles. The van der Waals surface area contributed by atoms with E-state index < -0.39 is 0 Å². The maximum Gasteiger partial charge on any atom is 0.162 e. The first-order chi connectivity index (χ1) is 25.3. The highest BCUT2D eigenvalue weighted by atomic mass is 32.1. The molecule has 4 heterocycles. The molecule has 7 aromatic carbocycles. The van der Waals surface area contributed by atoms with Gasteiger partial charge < -0.3 is 4.57 Å². The molecule has 51 heavy (non-hydrogen) atoms. The van der Waals surface area contributed by atoms with Gasteiger partial charge in [0.15, 0.2) is 5.82 Å². The van der Waals surface area contributed by atoms with Gasteiger partial charge in [-0.2, -0.15) is 0 Å². The molecule has 0 atom stereocenters. The van der Waals surface area contributed by atoms with Crippen molar-refractivity contribution in [1.29, 1.82) is 0 Å². The van der Waals surface area contributed by atoms with Crippen molar-refractivity contribution in [3.8, 4) is 34.2 Å². The van der Waals surface area contributed by atoms with E-state index in [1.54, 1.807) is 0 Å². The van der Waals surface area contributed by atoms with Crippen LogP contribution in [0, 0.1) is 0 Å². The van der Waals surface area contributed by atoms with E-state index in [-0.39, 0.29) is 0 Å². The van der Waals surface area contributed by atoms with Crippen LogP contribution in [0.15, 0.2) is 170 Å². The predicted molar refractivity (Wildman–Crippen MR) is 214 cm³/mol. The zero-order chi connectivity index (χ0) is 33.5. The Kier molecular flexibility index (Phi) is 6.09. The average Bonchev–Trinajstić information content (AvgIpc) is 3.86. The second-order valence-corrected chi connectivity index (χ2v) is 14.0. The van der Waals surface area contributed by atoms with Crippen molar-refractivity contribution >= 4 is 75.1 Å². The number of aromatic nitrogens is 4. The SMILES string of the molecule is c1ccc(-c2nc(-c3cccc4c3sc3ccccc34)cc(-n3c4ccccc4c4c3ccc3c5ccccc5n(-c5ccccc5)c34)n2)cc1. The lowest BCUT2D eigenvalue weighted by atomic mass is 10.1. The minimum Gasteiger partial charge on any atom is -0.309 e. The molecular formula is C46H28N4S. The molecule has 4 nitrogen and oxygen atoms in total. The van der Waals surface area contributed by atoms with E-state index in [1.807, 2.05) is 17.4 Å². The topological polar surface area (TPSA) is 35.6 Å². The first-order valence-corrected chi connectivity index (χ1v) is 18.0. The number of hydrogen-bond donors (Lipinski definition) is 0. The lowest BCUT2D eigenvalue weighted by Crippen LogP contribution is -2.02. The van der Waals surface area contributed by atoms with Gasteiger partial charge in [-0.15, -0.1) is 11.3 Å². The van der Waals surface area contributed by atoms with Crippen LogP contribution in [0.4, 0.5) is 0 Å². The van der Waals surface area contributed by atoms with Gasteiger partial charge in [-0.1, -0.05) is 127 Å². The lowest BCUT2D eigenvalue weighted by Gasteiger charge is -2.13. The van der Waals surface area contributed by atoms with Gasteiger partial charge in [0.25, 0.3) is 0 Å². The third kappa shape index (κ3) is 4.19. The summed E-state index contributed by atoms with van der Waals surface area (Å²) in [4.78, 5) is 10.6. The molecule has 11 aromatic rings. The molecular weight excluding hydrogens is 641 g/mol. The molecule has 4 aromatic heterocycles. The van der Waals surface area contributed by atoms with E-state index in [4.69, 9.17) is 9.97 Å². The van der Waals surface area contributed by atoms with Gasteiger partial charge in [0.05, 0.1) is 27.8 Å². The number of thiophene rings is 1. The van der Waals surface area contributed by atoms with Crippen molar-refractivity contribution in [2.45, 2.75) is 0 Å². The molecule has 0 N–H and O–H groups in total. The van der Waals surface area contributed by atoms with E-state index in [2.05, 4.69) is 173 Å². The fourth-order valence-corrected chi connectivity index (χ4v) is 9.18. The Morgan fingerprint density at radius 3 is 1.94 bits per heavy atom. The lowest BCUT2D eigenvalue weighted by molar-refractivity contribution is 1.05. The highest BCUT2D eigenvalue weighted by Gasteiger charge is 2.22. The molecule has 0 bridgehead atoms. The van der Waals surface area contributed by atoms with Gasteiger partial charge >= 0.3 is 0 Å². The molecule has 5 heteroatoms. The first kappa shape index (κ1) is 28.3. The number of nitrogens with zero attached hydrogens (tertiary/aromatic N) is 4. The molecule has 11 rings (SSSR count). The summed E-state index contributed by atoms with van der Waals surface area (Å²) in [6, 6.07) is 60.5. The Hall–Kier alpha value is -6.56. The molecule has 0 saturated heterocycles.